The number of hydrogen-bond acceptors (Lipinski definition) is 3. The third-order valence-electron chi connectivity index (χ3n) is 4.19. The maximum absolute atomic E-state index is 12.4. The molecule has 1 aromatic carbocycles. The van der Waals surface area contributed by atoms with Crippen molar-refractivity contribution in [2.75, 3.05) is 19.6 Å². The zero-order chi connectivity index (χ0) is 14.6. The monoisotopic (exact) mass is 275 g/mol. The minimum Gasteiger partial charge on any atom is -0.390 e. The first-order chi connectivity index (χ1) is 9.48. The van der Waals surface area contributed by atoms with E-state index in [4.69, 9.17) is 0 Å². The molecule has 2 rings (SSSR count). The molecule has 20 heavy (non-hydrogen) atoms. The van der Waals surface area contributed by atoms with E-state index < -0.39 is 5.60 Å². The van der Waals surface area contributed by atoms with Gasteiger partial charge >= 0.3 is 0 Å². The molecule has 1 aliphatic rings. The van der Waals surface area contributed by atoms with Crippen LogP contribution in [0.5, 0.6) is 0 Å². The zero-order valence-corrected chi connectivity index (χ0v) is 12.5. The molecule has 0 amide bonds. The Morgan fingerprint density at radius 3 is 2.70 bits per heavy atom. The van der Waals surface area contributed by atoms with Gasteiger partial charge in [0.15, 0.2) is 5.78 Å². The predicted molar refractivity (Wildman–Crippen MR) is 80.9 cm³/mol. The highest BCUT2D eigenvalue weighted by molar-refractivity contribution is 5.97. The van der Waals surface area contributed by atoms with Gasteiger partial charge in [-0.05, 0) is 32.7 Å². The Hall–Kier alpha value is -1.19. The number of rotatable bonds is 4. The van der Waals surface area contributed by atoms with Gasteiger partial charge in [-0.2, -0.15) is 0 Å². The Balaban J connectivity index is 1.91. The third-order valence-corrected chi connectivity index (χ3v) is 4.19. The lowest BCUT2D eigenvalue weighted by Gasteiger charge is -2.24. The molecule has 2 unspecified atom stereocenters. The number of ketones is 1. The van der Waals surface area contributed by atoms with Crippen molar-refractivity contribution in [3.8, 4) is 0 Å². The maximum Gasteiger partial charge on any atom is 0.166 e. The summed E-state index contributed by atoms with van der Waals surface area (Å²) in [5.74, 6) is 0.210. The Labute approximate surface area is 121 Å². The van der Waals surface area contributed by atoms with Gasteiger partial charge in [-0.1, -0.05) is 37.3 Å². The van der Waals surface area contributed by atoms with Crippen LogP contribution in [0.25, 0.3) is 0 Å². The molecule has 1 saturated heterocycles. The van der Waals surface area contributed by atoms with Gasteiger partial charge in [-0.25, -0.2) is 0 Å². The van der Waals surface area contributed by atoms with Gasteiger partial charge in [0.05, 0.1) is 5.60 Å². The first-order valence-electron chi connectivity index (χ1n) is 7.52. The second-order valence-electron chi connectivity index (χ2n) is 6.28. The van der Waals surface area contributed by atoms with E-state index in [1.165, 1.54) is 0 Å². The van der Waals surface area contributed by atoms with Crippen molar-refractivity contribution in [3.63, 3.8) is 0 Å². The first-order valence-corrected chi connectivity index (χ1v) is 7.52. The van der Waals surface area contributed by atoms with Crippen LogP contribution in [0.15, 0.2) is 30.3 Å². The molecule has 0 bridgehead atoms. The summed E-state index contributed by atoms with van der Waals surface area (Å²) in [6, 6.07) is 9.50. The lowest BCUT2D eigenvalue weighted by Crippen LogP contribution is -2.34. The Morgan fingerprint density at radius 2 is 2.00 bits per heavy atom. The molecule has 1 heterocycles. The van der Waals surface area contributed by atoms with Crippen molar-refractivity contribution >= 4 is 5.78 Å². The lowest BCUT2D eigenvalue weighted by atomic mass is 9.98. The van der Waals surface area contributed by atoms with Gasteiger partial charge < -0.3 is 10.0 Å². The van der Waals surface area contributed by atoms with Crippen LogP contribution in [0.2, 0.25) is 0 Å². The number of aliphatic hydroxyl groups is 1. The quantitative estimate of drug-likeness (QED) is 0.859. The summed E-state index contributed by atoms with van der Waals surface area (Å²) in [6.45, 7) is 6.54. The standard InChI is InChI=1S/C17H25NO2/c1-14(16(19)15-7-4-3-5-8-15)13-18-11-6-9-17(2,20)10-12-18/h3-5,7-8,14,20H,6,9-13H2,1-2H3. The molecular formula is C17H25NO2. The van der Waals surface area contributed by atoms with Crippen LogP contribution in [-0.2, 0) is 0 Å². The number of carbonyl (C=O) groups is 1. The average molecular weight is 275 g/mol. The molecule has 0 saturated carbocycles. The smallest absolute Gasteiger partial charge is 0.166 e. The molecule has 1 N–H and O–H groups in total. The van der Waals surface area contributed by atoms with Crippen molar-refractivity contribution in [1.82, 2.24) is 4.90 Å². The first kappa shape index (κ1) is 15.2. The normalized spacial score (nSPS) is 25.9. The van der Waals surface area contributed by atoms with Crippen molar-refractivity contribution in [2.45, 2.75) is 38.7 Å². The summed E-state index contributed by atoms with van der Waals surface area (Å²) in [4.78, 5) is 14.7. The third kappa shape index (κ3) is 4.15. The molecule has 1 fully saturated rings. The summed E-state index contributed by atoms with van der Waals surface area (Å²) >= 11 is 0. The predicted octanol–water partition coefficient (Wildman–Crippen LogP) is 2.74. The number of Topliss-reactive ketones (excluding diaryl/α,β-unsaturated/α-hetero) is 1. The molecule has 0 spiro atoms. The number of carbonyl (C=O) groups excluding carboxylic acids is 1. The second-order valence-corrected chi connectivity index (χ2v) is 6.28. The van der Waals surface area contributed by atoms with Crippen LogP contribution in [0, 0.1) is 5.92 Å². The van der Waals surface area contributed by atoms with E-state index in [1.807, 2.05) is 44.2 Å². The highest BCUT2D eigenvalue weighted by Gasteiger charge is 2.26. The van der Waals surface area contributed by atoms with Crippen LogP contribution in [0.4, 0.5) is 0 Å². The van der Waals surface area contributed by atoms with Gasteiger partial charge in [0.25, 0.3) is 0 Å². The Morgan fingerprint density at radius 1 is 1.30 bits per heavy atom. The fourth-order valence-corrected chi connectivity index (χ4v) is 2.86. The average Bonchev–Trinajstić information content (AvgIpc) is 2.60. The molecule has 3 heteroatoms. The number of benzene rings is 1. The summed E-state index contributed by atoms with van der Waals surface area (Å²) in [5.41, 5.74) is 0.253. The zero-order valence-electron chi connectivity index (χ0n) is 12.5. The SMILES string of the molecule is CC(CN1CCCC(C)(O)CC1)C(=O)c1ccccc1. The lowest BCUT2D eigenvalue weighted by molar-refractivity contribution is 0.0442. The minimum absolute atomic E-state index is 0.000416. The fourth-order valence-electron chi connectivity index (χ4n) is 2.86. The summed E-state index contributed by atoms with van der Waals surface area (Å²) in [7, 11) is 0. The van der Waals surface area contributed by atoms with E-state index in [2.05, 4.69) is 4.90 Å². The topological polar surface area (TPSA) is 40.5 Å². The van der Waals surface area contributed by atoms with Gasteiger partial charge in [0.2, 0.25) is 0 Å². The fraction of sp³-hybridized carbons (Fsp3) is 0.588. The van der Waals surface area contributed by atoms with Crippen LogP contribution in [-0.4, -0.2) is 41.0 Å². The van der Waals surface area contributed by atoms with Crippen LogP contribution in [0.1, 0.15) is 43.5 Å². The van der Waals surface area contributed by atoms with E-state index in [1.54, 1.807) is 0 Å². The van der Waals surface area contributed by atoms with E-state index in [0.717, 1.165) is 44.5 Å². The molecule has 110 valence electrons. The second kappa shape index (κ2) is 6.51. The molecule has 1 aliphatic heterocycles. The minimum atomic E-state index is -0.540. The van der Waals surface area contributed by atoms with E-state index >= 15 is 0 Å². The van der Waals surface area contributed by atoms with Crippen molar-refractivity contribution in [2.24, 2.45) is 5.92 Å². The summed E-state index contributed by atoms with van der Waals surface area (Å²) < 4.78 is 0. The molecule has 0 aliphatic carbocycles. The largest absolute Gasteiger partial charge is 0.390 e. The molecule has 0 aromatic heterocycles. The van der Waals surface area contributed by atoms with E-state index in [-0.39, 0.29) is 11.7 Å². The molecule has 1 aromatic rings. The molecule has 2 atom stereocenters. The summed E-state index contributed by atoms with van der Waals surface area (Å²) in [5, 5.41) is 10.1. The number of hydrogen-bond donors (Lipinski definition) is 1. The number of nitrogens with zero attached hydrogens (tertiary/aromatic N) is 1. The molecule has 0 radical (unpaired) electrons. The van der Waals surface area contributed by atoms with Crippen molar-refractivity contribution in [3.05, 3.63) is 35.9 Å². The van der Waals surface area contributed by atoms with Crippen molar-refractivity contribution in [1.29, 1.82) is 0 Å². The summed E-state index contributed by atoms with van der Waals surface area (Å²) in [6.07, 6.45) is 2.64. The highest BCUT2D eigenvalue weighted by Crippen LogP contribution is 2.22. The van der Waals surface area contributed by atoms with Gasteiger partial charge in [0, 0.05) is 24.6 Å². The Bertz CT molecular complexity index is 442. The van der Waals surface area contributed by atoms with E-state index in [9.17, 15) is 9.90 Å². The molecule has 3 nitrogen and oxygen atoms in total. The Kier molecular flexibility index (Phi) is 4.95. The van der Waals surface area contributed by atoms with Crippen molar-refractivity contribution < 1.29 is 9.90 Å². The molecular weight excluding hydrogens is 250 g/mol. The van der Waals surface area contributed by atoms with Gasteiger partial charge in [-0.15, -0.1) is 0 Å². The number of likely N-dealkylation sites (tertiary alicyclic amines) is 1. The van der Waals surface area contributed by atoms with Gasteiger partial charge in [0.1, 0.15) is 0 Å². The van der Waals surface area contributed by atoms with Crippen LogP contribution in [0.3, 0.4) is 0 Å². The van der Waals surface area contributed by atoms with Crippen LogP contribution >= 0.6 is 0 Å². The van der Waals surface area contributed by atoms with Crippen LogP contribution < -0.4 is 0 Å². The van der Waals surface area contributed by atoms with Gasteiger partial charge in [-0.3, -0.25) is 4.79 Å². The van der Waals surface area contributed by atoms with E-state index in [0.29, 0.717) is 0 Å². The highest BCUT2D eigenvalue weighted by atomic mass is 16.3. The maximum atomic E-state index is 12.4.